The first kappa shape index (κ1) is 22.4. The molecule has 0 saturated heterocycles. The summed E-state index contributed by atoms with van der Waals surface area (Å²) >= 11 is 0. The van der Waals surface area contributed by atoms with Crippen LogP contribution in [0.15, 0.2) is 70.4 Å². The molecule has 6 rings (SSSR count). The molecule has 0 nitrogen and oxygen atoms in total. The molecule has 0 N–H and O–H groups in total. The monoisotopic (exact) mass is 450 g/mol. The largest absolute Gasteiger partial charge is 0.0952 e. The standard InChI is InChI=1S/C34H42/c1-23(34-24(2)18-29-11-6-7-13-33(29)34)17-28-12-8-14-32(28)31-21-27-16-15-26(20-30(27)22-31)19-25-9-4-3-5-10-25/h12,14-16,20,22,25,29,33H,1,3-11,13,17-19,21H2,2H3. The van der Waals surface area contributed by atoms with Crippen molar-refractivity contribution in [3.8, 4) is 0 Å². The fourth-order valence-electron chi connectivity index (χ4n) is 8.01. The summed E-state index contributed by atoms with van der Waals surface area (Å²) in [5.74, 6) is 2.61. The van der Waals surface area contributed by atoms with Crippen LogP contribution in [0.5, 0.6) is 0 Å². The van der Waals surface area contributed by atoms with Gasteiger partial charge in [-0.15, -0.1) is 0 Å². The summed E-state index contributed by atoms with van der Waals surface area (Å²) in [4.78, 5) is 0. The molecule has 0 aliphatic heterocycles. The summed E-state index contributed by atoms with van der Waals surface area (Å²) in [5, 5.41) is 0. The van der Waals surface area contributed by atoms with E-state index in [-0.39, 0.29) is 0 Å². The second-order valence-corrected chi connectivity index (χ2v) is 12.0. The van der Waals surface area contributed by atoms with Crippen molar-refractivity contribution in [2.75, 3.05) is 0 Å². The molecule has 2 fully saturated rings. The van der Waals surface area contributed by atoms with Gasteiger partial charge in [0.15, 0.2) is 0 Å². The molecular weight excluding hydrogens is 408 g/mol. The van der Waals surface area contributed by atoms with Crippen LogP contribution in [0.1, 0.15) is 101 Å². The minimum Gasteiger partial charge on any atom is -0.0952 e. The first-order valence-corrected chi connectivity index (χ1v) is 14.3. The third-order valence-electron chi connectivity index (χ3n) is 9.64. The Morgan fingerprint density at radius 1 is 0.971 bits per heavy atom. The molecule has 5 aliphatic carbocycles. The lowest BCUT2D eigenvalue weighted by molar-refractivity contribution is 0.295. The lowest BCUT2D eigenvalue weighted by Crippen LogP contribution is -2.17. The zero-order valence-electron chi connectivity index (χ0n) is 21.3. The maximum Gasteiger partial charge on any atom is -0.00137 e. The second-order valence-electron chi connectivity index (χ2n) is 12.0. The van der Waals surface area contributed by atoms with E-state index >= 15 is 0 Å². The Balaban J connectivity index is 1.15. The van der Waals surface area contributed by atoms with E-state index in [1.165, 1.54) is 104 Å². The molecule has 2 saturated carbocycles. The predicted molar refractivity (Wildman–Crippen MR) is 146 cm³/mol. The van der Waals surface area contributed by atoms with Gasteiger partial charge in [-0.05, 0) is 114 Å². The summed E-state index contributed by atoms with van der Waals surface area (Å²) in [6, 6.07) is 7.34. The van der Waals surface area contributed by atoms with E-state index in [4.69, 9.17) is 0 Å². The molecule has 0 amide bonds. The molecule has 0 heterocycles. The fourth-order valence-corrected chi connectivity index (χ4v) is 8.01. The third kappa shape index (κ3) is 4.34. The van der Waals surface area contributed by atoms with Gasteiger partial charge in [-0.1, -0.05) is 93.5 Å². The Morgan fingerprint density at radius 2 is 1.79 bits per heavy atom. The Hall–Kier alpha value is -2.08. The molecule has 0 bridgehead atoms. The Labute approximate surface area is 207 Å². The molecule has 0 heteroatoms. The molecule has 0 aromatic heterocycles. The van der Waals surface area contributed by atoms with Crippen LogP contribution in [0.3, 0.4) is 0 Å². The summed E-state index contributed by atoms with van der Waals surface area (Å²) in [5.41, 5.74) is 13.9. The normalized spacial score (nSPS) is 26.8. The Bertz CT molecular complexity index is 1090. The third-order valence-corrected chi connectivity index (χ3v) is 9.64. The molecule has 1 aromatic carbocycles. The number of hydrogen-bond acceptors (Lipinski definition) is 0. The van der Waals surface area contributed by atoms with Crippen molar-refractivity contribution >= 4 is 6.08 Å². The van der Waals surface area contributed by atoms with Gasteiger partial charge in [-0.25, -0.2) is 0 Å². The Morgan fingerprint density at radius 3 is 2.68 bits per heavy atom. The molecule has 0 spiro atoms. The molecule has 34 heavy (non-hydrogen) atoms. The van der Waals surface area contributed by atoms with E-state index in [1.807, 2.05) is 0 Å². The van der Waals surface area contributed by atoms with E-state index in [0.29, 0.717) is 0 Å². The smallest absolute Gasteiger partial charge is 0.00137 e. The summed E-state index contributed by atoms with van der Waals surface area (Å²) in [7, 11) is 0. The minimum absolute atomic E-state index is 0.799. The lowest BCUT2D eigenvalue weighted by Gasteiger charge is -2.28. The van der Waals surface area contributed by atoms with Gasteiger partial charge in [-0.3, -0.25) is 0 Å². The predicted octanol–water partition coefficient (Wildman–Crippen LogP) is 9.48. The molecule has 178 valence electrons. The quantitative estimate of drug-likeness (QED) is 0.405. The highest BCUT2D eigenvalue weighted by molar-refractivity contribution is 5.72. The minimum atomic E-state index is 0.799. The van der Waals surface area contributed by atoms with Crippen LogP contribution >= 0.6 is 0 Å². The highest BCUT2D eigenvalue weighted by Gasteiger charge is 2.36. The lowest BCUT2D eigenvalue weighted by atomic mass is 9.76. The number of fused-ring (bicyclic) bond motifs is 2. The summed E-state index contributed by atoms with van der Waals surface area (Å²) < 4.78 is 0. The van der Waals surface area contributed by atoms with E-state index in [0.717, 1.165) is 37.0 Å². The van der Waals surface area contributed by atoms with Crippen molar-refractivity contribution in [1.82, 2.24) is 0 Å². The van der Waals surface area contributed by atoms with Gasteiger partial charge in [0.2, 0.25) is 0 Å². The first-order valence-electron chi connectivity index (χ1n) is 14.3. The number of hydrogen-bond donors (Lipinski definition) is 0. The number of benzene rings is 1. The van der Waals surface area contributed by atoms with Gasteiger partial charge < -0.3 is 0 Å². The van der Waals surface area contributed by atoms with Crippen molar-refractivity contribution in [2.24, 2.45) is 17.8 Å². The van der Waals surface area contributed by atoms with Crippen molar-refractivity contribution in [3.63, 3.8) is 0 Å². The van der Waals surface area contributed by atoms with Crippen LogP contribution in [0.25, 0.3) is 6.08 Å². The molecule has 0 radical (unpaired) electrons. The van der Waals surface area contributed by atoms with Crippen LogP contribution < -0.4 is 0 Å². The van der Waals surface area contributed by atoms with E-state index in [1.54, 1.807) is 16.7 Å². The first-order chi connectivity index (χ1) is 16.7. The molecule has 2 atom stereocenters. The van der Waals surface area contributed by atoms with Crippen molar-refractivity contribution in [2.45, 2.75) is 96.8 Å². The van der Waals surface area contributed by atoms with E-state index in [2.05, 4.69) is 49.9 Å². The summed E-state index contributed by atoms with van der Waals surface area (Å²) in [6.07, 6.45) is 26.1. The highest BCUT2D eigenvalue weighted by atomic mass is 14.4. The van der Waals surface area contributed by atoms with Crippen LogP contribution in [0.4, 0.5) is 0 Å². The van der Waals surface area contributed by atoms with Crippen molar-refractivity contribution in [3.05, 3.63) is 87.1 Å². The van der Waals surface area contributed by atoms with Gasteiger partial charge in [0.25, 0.3) is 0 Å². The van der Waals surface area contributed by atoms with Crippen LogP contribution in [-0.4, -0.2) is 0 Å². The van der Waals surface area contributed by atoms with Crippen LogP contribution in [0.2, 0.25) is 0 Å². The van der Waals surface area contributed by atoms with Gasteiger partial charge >= 0.3 is 0 Å². The van der Waals surface area contributed by atoms with Crippen molar-refractivity contribution in [1.29, 1.82) is 0 Å². The van der Waals surface area contributed by atoms with Crippen LogP contribution in [-0.2, 0) is 12.8 Å². The molecule has 1 aromatic rings. The zero-order chi connectivity index (χ0) is 23.1. The number of allylic oxidation sites excluding steroid dienone is 8. The molecular formula is C34H42. The highest BCUT2D eigenvalue weighted by Crippen LogP contribution is 2.49. The van der Waals surface area contributed by atoms with Gasteiger partial charge in [0, 0.05) is 0 Å². The SMILES string of the molecule is C=C(CC1=CCC=C1C1=Cc2cc(CC3CCCCC3)ccc2C1)C1=C(C)CC2CCCCC12. The molecule has 5 aliphatic rings. The summed E-state index contributed by atoms with van der Waals surface area (Å²) in [6.45, 7) is 7.05. The van der Waals surface area contributed by atoms with Gasteiger partial charge in [0.1, 0.15) is 0 Å². The average Bonchev–Trinajstić information content (AvgIpc) is 3.55. The maximum absolute atomic E-state index is 4.66. The second kappa shape index (κ2) is 9.52. The molecule has 2 unspecified atom stereocenters. The zero-order valence-corrected chi connectivity index (χ0v) is 21.3. The van der Waals surface area contributed by atoms with Crippen LogP contribution in [0, 0.1) is 17.8 Å². The van der Waals surface area contributed by atoms with E-state index < -0.39 is 0 Å². The maximum atomic E-state index is 4.66. The van der Waals surface area contributed by atoms with Gasteiger partial charge in [0.05, 0.1) is 0 Å². The van der Waals surface area contributed by atoms with Gasteiger partial charge in [-0.2, -0.15) is 0 Å². The van der Waals surface area contributed by atoms with Crippen molar-refractivity contribution < 1.29 is 0 Å². The fraction of sp³-hybridized carbons (Fsp3) is 0.529. The average molecular weight is 451 g/mol. The van der Waals surface area contributed by atoms with E-state index in [9.17, 15) is 0 Å². The number of rotatable bonds is 6. The topological polar surface area (TPSA) is 0 Å². The Kier molecular flexibility index (Phi) is 6.27.